The van der Waals surface area contributed by atoms with Crippen molar-refractivity contribution in [1.29, 1.82) is 0 Å². The highest BCUT2D eigenvalue weighted by Crippen LogP contribution is 2.43. The van der Waals surface area contributed by atoms with Crippen LogP contribution in [0.3, 0.4) is 0 Å². The van der Waals surface area contributed by atoms with Crippen LogP contribution in [0.4, 0.5) is 5.69 Å². The molecular weight excluding hydrogens is 392 g/mol. The number of carbonyl (C=O) groups excluding carboxylic acids is 3. The molecule has 2 aromatic carbocycles. The van der Waals surface area contributed by atoms with Crippen molar-refractivity contribution >= 4 is 23.4 Å². The number of hydrogen-bond acceptors (Lipinski definition) is 4. The molecule has 1 fully saturated rings. The summed E-state index contributed by atoms with van der Waals surface area (Å²) in [6.07, 6.45) is 0.875. The average Bonchev–Trinajstić information content (AvgIpc) is 3.07. The molecule has 2 aliphatic rings. The lowest BCUT2D eigenvalue weighted by Crippen LogP contribution is -2.64. The normalized spacial score (nSPS) is 20.1. The van der Waals surface area contributed by atoms with Crippen molar-refractivity contribution in [2.45, 2.75) is 32.0 Å². The van der Waals surface area contributed by atoms with E-state index >= 15 is 0 Å². The first kappa shape index (κ1) is 21.1. The van der Waals surface area contributed by atoms with Crippen LogP contribution in [-0.4, -0.2) is 59.9 Å². The molecule has 1 atom stereocenters. The summed E-state index contributed by atoms with van der Waals surface area (Å²) in [6, 6.07) is 17.3. The second-order valence-electron chi connectivity index (χ2n) is 8.43. The minimum absolute atomic E-state index is 0.0182. The molecule has 0 spiro atoms. The zero-order valence-corrected chi connectivity index (χ0v) is 18.0. The predicted octanol–water partition coefficient (Wildman–Crippen LogP) is 2.23. The van der Waals surface area contributed by atoms with Gasteiger partial charge < -0.3 is 15.1 Å². The van der Waals surface area contributed by atoms with Crippen molar-refractivity contribution in [3.63, 3.8) is 0 Å². The van der Waals surface area contributed by atoms with Gasteiger partial charge in [0, 0.05) is 26.1 Å². The second kappa shape index (κ2) is 8.51. The number of anilines is 1. The van der Waals surface area contributed by atoms with E-state index in [1.54, 1.807) is 28.0 Å². The minimum atomic E-state index is -0.816. The van der Waals surface area contributed by atoms with Crippen LogP contribution in [-0.2, 0) is 16.1 Å². The Labute approximate surface area is 182 Å². The molecule has 0 aromatic heterocycles. The number of rotatable bonds is 7. The zero-order chi connectivity index (χ0) is 22.0. The second-order valence-corrected chi connectivity index (χ2v) is 8.43. The number of nitrogens with one attached hydrogen (secondary N) is 1. The van der Waals surface area contributed by atoms with Gasteiger partial charge in [0.1, 0.15) is 12.2 Å². The Hall–Kier alpha value is -3.19. The maximum absolute atomic E-state index is 13.2. The number of nitrogens with zero attached hydrogens (tertiary/aromatic N) is 3. The molecule has 31 heavy (non-hydrogen) atoms. The molecule has 1 unspecified atom stereocenters. The molecule has 2 aliphatic heterocycles. The van der Waals surface area contributed by atoms with Gasteiger partial charge in [0.05, 0.1) is 11.3 Å². The van der Waals surface area contributed by atoms with Crippen LogP contribution in [0.25, 0.3) is 0 Å². The summed E-state index contributed by atoms with van der Waals surface area (Å²) < 4.78 is 0. The molecule has 0 radical (unpaired) electrons. The van der Waals surface area contributed by atoms with Crippen molar-refractivity contribution < 1.29 is 14.4 Å². The van der Waals surface area contributed by atoms with Gasteiger partial charge in [-0.15, -0.1) is 0 Å². The Morgan fingerprint density at radius 1 is 1.10 bits per heavy atom. The van der Waals surface area contributed by atoms with Gasteiger partial charge in [-0.25, -0.2) is 0 Å². The lowest BCUT2D eigenvalue weighted by molar-refractivity contribution is -0.124. The topological polar surface area (TPSA) is 73.0 Å². The maximum atomic E-state index is 13.2. The smallest absolute Gasteiger partial charge is 0.258 e. The fourth-order valence-corrected chi connectivity index (χ4v) is 4.50. The monoisotopic (exact) mass is 420 g/mol. The Morgan fingerprint density at radius 2 is 1.81 bits per heavy atom. The number of carbonyl (C=O) groups is 3. The number of amides is 3. The number of fused-ring (bicyclic) bond motifs is 3. The van der Waals surface area contributed by atoms with E-state index in [1.807, 2.05) is 38.2 Å². The molecule has 7 heteroatoms. The SMILES string of the molecule is CN(CCNC(=O)CN1C(=O)c2ccccc2N2C(=O)CCC12C)Cc1ccccc1. The Bertz CT molecular complexity index is 993. The first-order valence-electron chi connectivity index (χ1n) is 10.6. The van der Waals surface area contributed by atoms with Crippen LogP contribution in [0.5, 0.6) is 0 Å². The zero-order valence-electron chi connectivity index (χ0n) is 18.0. The van der Waals surface area contributed by atoms with E-state index in [1.165, 1.54) is 5.56 Å². The summed E-state index contributed by atoms with van der Waals surface area (Å²) in [5.74, 6) is -0.447. The third-order valence-electron chi connectivity index (χ3n) is 6.16. The minimum Gasteiger partial charge on any atom is -0.353 e. The van der Waals surface area contributed by atoms with E-state index in [-0.39, 0.29) is 24.3 Å². The summed E-state index contributed by atoms with van der Waals surface area (Å²) in [5.41, 5.74) is 1.50. The number of hydrogen-bond donors (Lipinski definition) is 1. The highest BCUT2D eigenvalue weighted by Gasteiger charge is 2.53. The predicted molar refractivity (Wildman–Crippen MR) is 118 cm³/mol. The van der Waals surface area contributed by atoms with Gasteiger partial charge in [0.15, 0.2) is 0 Å². The fourth-order valence-electron chi connectivity index (χ4n) is 4.50. The van der Waals surface area contributed by atoms with Crippen LogP contribution in [0.2, 0.25) is 0 Å². The van der Waals surface area contributed by atoms with Crippen LogP contribution < -0.4 is 10.2 Å². The highest BCUT2D eigenvalue weighted by atomic mass is 16.2. The molecular formula is C24H28N4O3. The molecule has 7 nitrogen and oxygen atoms in total. The summed E-state index contributed by atoms with van der Waals surface area (Å²) in [6.45, 7) is 3.77. The molecule has 0 bridgehead atoms. The van der Waals surface area contributed by atoms with E-state index in [0.29, 0.717) is 37.2 Å². The third-order valence-corrected chi connectivity index (χ3v) is 6.16. The number of para-hydroxylation sites is 1. The fraction of sp³-hybridized carbons (Fsp3) is 0.375. The molecule has 0 aliphatic carbocycles. The van der Waals surface area contributed by atoms with Crippen molar-refractivity contribution in [2.24, 2.45) is 0 Å². The molecule has 3 amide bonds. The molecule has 1 N–H and O–H groups in total. The third kappa shape index (κ3) is 4.05. The van der Waals surface area contributed by atoms with Crippen molar-refractivity contribution in [3.8, 4) is 0 Å². The average molecular weight is 421 g/mol. The lowest BCUT2D eigenvalue weighted by atomic mass is 9.98. The van der Waals surface area contributed by atoms with E-state index in [9.17, 15) is 14.4 Å². The van der Waals surface area contributed by atoms with E-state index in [2.05, 4.69) is 22.3 Å². The van der Waals surface area contributed by atoms with Gasteiger partial charge in [-0.3, -0.25) is 19.3 Å². The first-order chi connectivity index (χ1) is 14.9. The Morgan fingerprint density at radius 3 is 2.58 bits per heavy atom. The summed E-state index contributed by atoms with van der Waals surface area (Å²) in [7, 11) is 2.01. The van der Waals surface area contributed by atoms with Gasteiger partial charge in [-0.05, 0) is 38.1 Å². The van der Waals surface area contributed by atoms with Gasteiger partial charge in [-0.2, -0.15) is 0 Å². The van der Waals surface area contributed by atoms with Crippen molar-refractivity contribution in [3.05, 3.63) is 65.7 Å². The number of likely N-dealkylation sites (N-methyl/N-ethyl adjacent to an activating group) is 1. The van der Waals surface area contributed by atoms with E-state index < -0.39 is 5.66 Å². The van der Waals surface area contributed by atoms with Crippen LogP contribution in [0.1, 0.15) is 35.7 Å². The molecule has 2 aromatic rings. The molecule has 162 valence electrons. The lowest BCUT2D eigenvalue weighted by Gasteiger charge is -2.48. The largest absolute Gasteiger partial charge is 0.353 e. The Balaban J connectivity index is 1.38. The standard InChI is InChI=1S/C24H28N4O3/c1-24-13-12-22(30)28(24)20-11-7-6-10-19(20)23(31)27(24)17-21(29)25-14-15-26(2)16-18-8-4-3-5-9-18/h3-11H,12-17H2,1-2H3,(H,25,29). The van der Waals surface area contributed by atoms with Gasteiger partial charge in [0.25, 0.3) is 5.91 Å². The molecule has 0 saturated carbocycles. The highest BCUT2D eigenvalue weighted by molar-refractivity contribution is 6.11. The quantitative estimate of drug-likeness (QED) is 0.746. The van der Waals surface area contributed by atoms with Gasteiger partial charge in [0.2, 0.25) is 11.8 Å². The van der Waals surface area contributed by atoms with E-state index in [0.717, 1.165) is 6.54 Å². The maximum Gasteiger partial charge on any atom is 0.258 e. The van der Waals surface area contributed by atoms with Crippen LogP contribution in [0.15, 0.2) is 54.6 Å². The molecule has 2 heterocycles. The summed E-state index contributed by atoms with van der Waals surface area (Å²) in [4.78, 5) is 43.8. The Kier molecular flexibility index (Phi) is 5.78. The van der Waals surface area contributed by atoms with Gasteiger partial charge >= 0.3 is 0 Å². The van der Waals surface area contributed by atoms with E-state index in [4.69, 9.17) is 0 Å². The molecule has 4 rings (SSSR count). The van der Waals surface area contributed by atoms with Crippen molar-refractivity contribution in [2.75, 3.05) is 31.6 Å². The van der Waals surface area contributed by atoms with Crippen LogP contribution in [0, 0.1) is 0 Å². The number of benzene rings is 2. The first-order valence-corrected chi connectivity index (χ1v) is 10.6. The molecule has 1 saturated heterocycles. The summed E-state index contributed by atoms with van der Waals surface area (Å²) in [5, 5.41) is 2.92. The van der Waals surface area contributed by atoms with Gasteiger partial charge in [-0.1, -0.05) is 42.5 Å². The van der Waals surface area contributed by atoms with Crippen LogP contribution >= 0.6 is 0 Å². The van der Waals surface area contributed by atoms with Crippen molar-refractivity contribution in [1.82, 2.24) is 15.1 Å². The summed E-state index contributed by atoms with van der Waals surface area (Å²) >= 11 is 0.